The second-order valence-corrected chi connectivity index (χ2v) is 4.62. The largest absolute Gasteiger partial charge is 0.310 e. The minimum Gasteiger partial charge on any atom is -0.310 e. The first-order valence-corrected chi connectivity index (χ1v) is 5.91. The molecule has 1 saturated heterocycles. The Morgan fingerprint density at radius 1 is 1.53 bits per heavy atom. The fraction of sp³-hybridized carbons (Fsp3) is 0.231. The molecule has 0 bridgehead atoms. The third-order valence-electron chi connectivity index (χ3n) is 2.75. The summed E-state index contributed by atoms with van der Waals surface area (Å²) in [5, 5.41) is 8.93. The lowest BCUT2D eigenvalue weighted by Gasteiger charge is -2.18. The number of hydrogen-bond acceptors (Lipinski definition) is 2. The van der Waals surface area contributed by atoms with Crippen molar-refractivity contribution in [2.45, 2.75) is 6.42 Å². The first-order chi connectivity index (χ1) is 8.17. The van der Waals surface area contributed by atoms with Gasteiger partial charge in [0.1, 0.15) is 6.07 Å². The number of benzene rings is 1. The van der Waals surface area contributed by atoms with Crippen molar-refractivity contribution in [2.75, 3.05) is 11.4 Å². The summed E-state index contributed by atoms with van der Waals surface area (Å²) in [5.74, 6) is 2.56. The molecule has 1 amide bonds. The van der Waals surface area contributed by atoms with Gasteiger partial charge in [-0.2, -0.15) is 5.26 Å². The van der Waals surface area contributed by atoms with Gasteiger partial charge in [0.05, 0.1) is 15.7 Å². The van der Waals surface area contributed by atoms with Crippen LogP contribution in [-0.4, -0.2) is 12.5 Å². The summed E-state index contributed by atoms with van der Waals surface area (Å²) in [6.07, 6.45) is 5.71. The summed E-state index contributed by atoms with van der Waals surface area (Å²) < 4.78 is 0.647. The van der Waals surface area contributed by atoms with Crippen LogP contribution in [0.4, 0.5) is 5.69 Å². The predicted octanol–water partition coefficient (Wildman–Crippen LogP) is 2.31. The summed E-state index contributed by atoms with van der Waals surface area (Å²) in [4.78, 5) is 13.5. The zero-order valence-electron chi connectivity index (χ0n) is 8.98. The van der Waals surface area contributed by atoms with Gasteiger partial charge < -0.3 is 4.90 Å². The summed E-state index contributed by atoms with van der Waals surface area (Å²) in [6, 6.07) is 7.34. The first-order valence-electron chi connectivity index (χ1n) is 5.12. The van der Waals surface area contributed by atoms with Crippen LogP contribution in [0.2, 0.25) is 0 Å². The Kier molecular flexibility index (Phi) is 3.17. The van der Waals surface area contributed by atoms with E-state index in [1.807, 2.05) is 6.07 Å². The summed E-state index contributed by atoms with van der Waals surface area (Å²) in [7, 11) is 0. The van der Waals surface area contributed by atoms with Crippen LogP contribution in [0.3, 0.4) is 0 Å². The highest BCUT2D eigenvalue weighted by Gasteiger charge is 2.30. The number of carbonyl (C=O) groups excluding carboxylic acids is 1. The molecule has 1 heterocycles. The number of rotatable bonds is 1. The average Bonchev–Trinajstić information content (AvgIpc) is 2.71. The Morgan fingerprint density at radius 3 is 2.88 bits per heavy atom. The standard InChI is InChI=1S/C13H9BrN2O/c1-2-9-6-12(17)16(8-9)11-5-3-4-10(7-15)13(11)14/h1,3-5,9H,6,8H2. The predicted molar refractivity (Wildman–Crippen MR) is 68.2 cm³/mol. The van der Waals surface area contributed by atoms with Gasteiger partial charge in [-0.3, -0.25) is 4.79 Å². The molecule has 1 aliphatic rings. The van der Waals surface area contributed by atoms with E-state index in [0.717, 1.165) is 0 Å². The number of anilines is 1. The molecule has 0 saturated carbocycles. The van der Waals surface area contributed by atoms with Crippen molar-refractivity contribution in [2.24, 2.45) is 5.92 Å². The van der Waals surface area contributed by atoms with Gasteiger partial charge in [0.2, 0.25) is 5.91 Å². The maximum atomic E-state index is 11.8. The molecule has 1 aromatic carbocycles. The molecular weight excluding hydrogens is 280 g/mol. The van der Waals surface area contributed by atoms with E-state index in [4.69, 9.17) is 11.7 Å². The second-order valence-electron chi connectivity index (χ2n) is 3.82. The fourth-order valence-electron chi connectivity index (χ4n) is 1.87. The van der Waals surface area contributed by atoms with Crippen molar-refractivity contribution in [1.29, 1.82) is 5.26 Å². The van der Waals surface area contributed by atoms with Crippen LogP contribution in [0.15, 0.2) is 22.7 Å². The number of carbonyl (C=O) groups is 1. The number of amides is 1. The van der Waals surface area contributed by atoms with Crippen molar-refractivity contribution in [3.63, 3.8) is 0 Å². The molecule has 0 aromatic heterocycles. The van der Waals surface area contributed by atoms with Crippen LogP contribution in [0, 0.1) is 29.6 Å². The topological polar surface area (TPSA) is 44.1 Å². The Balaban J connectivity index is 2.40. The van der Waals surface area contributed by atoms with Crippen molar-refractivity contribution < 1.29 is 4.79 Å². The van der Waals surface area contributed by atoms with E-state index in [0.29, 0.717) is 28.7 Å². The zero-order chi connectivity index (χ0) is 12.4. The van der Waals surface area contributed by atoms with E-state index in [1.165, 1.54) is 0 Å². The summed E-state index contributed by atoms with van der Waals surface area (Å²) in [6.45, 7) is 0.517. The van der Waals surface area contributed by atoms with E-state index >= 15 is 0 Å². The van der Waals surface area contributed by atoms with E-state index in [-0.39, 0.29) is 11.8 Å². The van der Waals surface area contributed by atoms with Gasteiger partial charge in [-0.25, -0.2) is 0 Å². The molecule has 1 unspecified atom stereocenters. The molecule has 0 spiro atoms. The quantitative estimate of drug-likeness (QED) is 0.745. The van der Waals surface area contributed by atoms with Crippen molar-refractivity contribution in [3.05, 3.63) is 28.2 Å². The van der Waals surface area contributed by atoms with Crippen LogP contribution in [-0.2, 0) is 4.79 Å². The molecule has 0 radical (unpaired) electrons. The molecule has 17 heavy (non-hydrogen) atoms. The number of nitriles is 1. The molecule has 1 aromatic rings. The summed E-state index contributed by atoms with van der Waals surface area (Å²) in [5.41, 5.74) is 1.23. The highest BCUT2D eigenvalue weighted by atomic mass is 79.9. The fourth-order valence-corrected chi connectivity index (χ4v) is 2.43. The van der Waals surface area contributed by atoms with Gasteiger partial charge in [-0.15, -0.1) is 12.3 Å². The number of halogens is 1. The summed E-state index contributed by atoms with van der Waals surface area (Å²) >= 11 is 3.35. The van der Waals surface area contributed by atoms with E-state index in [1.54, 1.807) is 17.0 Å². The Labute approximate surface area is 108 Å². The van der Waals surface area contributed by atoms with Gasteiger partial charge >= 0.3 is 0 Å². The molecule has 3 nitrogen and oxygen atoms in total. The minimum atomic E-state index is -0.0415. The van der Waals surface area contributed by atoms with Crippen molar-refractivity contribution in [3.8, 4) is 18.4 Å². The highest BCUT2D eigenvalue weighted by molar-refractivity contribution is 9.10. The van der Waals surface area contributed by atoms with Crippen LogP contribution < -0.4 is 4.90 Å². The number of nitrogens with zero attached hydrogens (tertiary/aromatic N) is 2. The van der Waals surface area contributed by atoms with E-state index in [9.17, 15) is 4.79 Å². The van der Waals surface area contributed by atoms with Crippen molar-refractivity contribution >= 4 is 27.5 Å². The first kappa shape index (κ1) is 11.7. The van der Waals surface area contributed by atoms with Crippen LogP contribution >= 0.6 is 15.9 Å². The maximum absolute atomic E-state index is 11.8. The Bertz CT molecular complexity index is 554. The lowest BCUT2D eigenvalue weighted by Crippen LogP contribution is -2.24. The van der Waals surface area contributed by atoms with Crippen LogP contribution in [0.1, 0.15) is 12.0 Å². The smallest absolute Gasteiger partial charge is 0.228 e. The van der Waals surface area contributed by atoms with Crippen LogP contribution in [0.25, 0.3) is 0 Å². The third kappa shape index (κ3) is 2.05. The number of terminal acetylenes is 1. The molecule has 0 N–H and O–H groups in total. The monoisotopic (exact) mass is 288 g/mol. The second kappa shape index (κ2) is 4.61. The molecule has 2 rings (SSSR count). The molecule has 4 heteroatoms. The zero-order valence-corrected chi connectivity index (χ0v) is 10.6. The number of hydrogen-bond donors (Lipinski definition) is 0. The third-order valence-corrected chi connectivity index (χ3v) is 3.58. The minimum absolute atomic E-state index is 0.00346. The SMILES string of the molecule is C#CC1CC(=O)N(c2cccc(C#N)c2Br)C1. The average molecular weight is 289 g/mol. The molecule has 0 aliphatic carbocycles. The van der Waals surface area contributed by atoms with Gasteiger partial charge in [-0.1, -0.05) is 6.07 Å². The maximum Gasteiger partial charge on any atom is 0.228 e. The van der Waals surface area contributed by atoms with Crippen LogP contribution in [0.5, 0.6) is 0 Å². The van der Waals surface area contributed by atoms with E-state index < -0.39 is 0 Å². The van der Waals surface area contributed by atoms with Gasteiger partial charge in [-0.05, 0) is 28.1 Å². The van der Waals surface area contributed by atoms with E-state index in [2.05, 4.69) is 27.9 Å². The lowest BCUT2D eigenvalue weighted by molar-refractivity contribution is -0.117. The van der Waals surface area contributed by atoms with Crippen molar-refractivity contribution in [1.82, 2.24) is 0 Å². The van der Waals surface area contributed by atoms with Gasteiger partial charge in [0.15, 0.2) is 0 Å². The highest BCUT2D eigenvalue weighted by Crippen LogP contribution is 2.33. The molecule has 1 aliphatic heterocycles. The Hall–Kier alpha value is -1.78. The van der Waals surface area contributed by atoms with Gasteiger partial charge in [0, 0.05) is 18.9 Å². The molecule has 1 atom stereocenters. The lowest BCUT2D eigenvalue weighted by atomic mass is 10.1. The Morgan fingerprint density at radius 2 is 2.29 bits per heavy atom. The molecular formula is C13H9BrN2O. The molecule has 84 valence electrons. The van der Waals surface area contributed by atoms with Gasteiger partial charge in [0.25, 0.3) is 0 Å². The molecule has 1 fully saturated rings. The normalized spacial score (nSPS) is 18.9.